The molecule has 1 aromatic carbocycles. The lowest BCUT2D eigenvalue weighted by Gasteiger charge is -2.18. The zero-order valence-corrected chi connectivity index (χ0v) is 12.2. The molecule has 1 aromatic heterocycles. The summed E-state index contributed by atoms with van der Waals surface area (Å²) in [6.07, 6.45) is 3.64. The van der Waals surface area contributed by atoms with Crippen LogP contribution in [0.3, 0.4) is 0 Å². The Morgan fingerprint density at radius 3 is 2.95 bits per heavy atom. The quantitative estimate of drug-likeness (QED) is 0.933. The number of fused-ring (bicyclic) bond motifs is 1. The summed E-state index contributed by atoms with van der Waals surface area (Å²) in [7, 11) is 0. The van der Waals surface area contributed by atoms with Gasteiger partial charge < -0.3 is 10.1 Å². The molecule has 0 radical (unpaired) electrons. The summed E-state index contributed by atoms with van der Waals surface area (Å²) < 4.78 is 5.78. The lowest BCUT2D eigenvalue weighted by atomic mass is 10.2. The molecule has 0 amide bonds. The van der Waals surface area contributed by atoms with E-state index in [0.717, 1.165) is 43.4 Å². The zero-order chi connectivity index (χ0) is 14.5. The van der Waals surface area contributed by atoms with Gasteiger partial charge in [0.1, 0.15) is 18.2 Å². The van der Waals surface area contributed by atoms with Gasteiger partial charge in [0.25, 0.3) is 0 Å². The van der Waals surface area contributed by atoms with Crippen LogP contribution in [0, 0.1) is 0 Å². The molecule has 0 saturated heterocycles. The maximum absolute atomic E-state index is 5.78. The lowest BCUT2D eigenvalue weighted by molar-refractivity contribution is 0.217. The van der Waals surface area contributed by atoms with E-state index in [1.165, 1.54) is 5.56 Å². The van der Waals surface area contributed by atoms with Crippen LogP contribution in [0.5, 0.6) is 5.75 Å². The molecule has 2 aromatic rings. The van der Waals surface area contributed by atoms with E-state index in [1.54, 1.807) is 6.20 Å². The lowest BCUT2D eigenvalue weighted by Crippen LogP contribution is -2.25. The molecule has 110 valence electrons. The molecule has 0 unspecified atom stereocenters. The largest absolute Gasteiger partial charge is 0.492 e. The highest BCUT2D eigenvalue weighted by Crippen LogP contribution is 2.23. The van der Waals surface area contributed by atoms with Gasteiger partial charge in [-0.2, -0.15) is 0 Å². The van der Waals surface area contributed by atoms with Gasteiger partial charge in [-0.1, -0.05) is 18.2 Å². The van der Waals surface area contributed by atoms with Crippen molar-refractivity contribution in [3.8, 4) is 5.75 Å². The molecule has 2 heterocycles. The molecule has 3 rings (SSSR count). The fourth-order valence-corrected chi connectivity index (χ4v) is 2.45. The minimum atomic E-state index is 0.708. The highest BCUT2D eigenvalue weighted by Gasteiger charge is 2.15. The van der Waals surface area contributed by atoms with E-state index in [4.69, 9.17) is 4.74 Å². The molecular weight excluding hydrogens is 264 g/mol. The molecule has 21 heavy (non-hydrogen) atoms. The highest BCUT2D eigenvalue weighted by atomic mass is 16.5. The number of rotatable bonds is 4. The monoisotopic (exact) mass is 284 g/mol. The van der Waals surface area contributed by atoms with E-state index in [9.17, 15) is 0 Å². The molecule has 0 atom stereocenters. The van der Waals surface area contributed by atoms with Crippen LogP contribution in [0.25, 0.3) is 0 Å². The maximum Gasteiger partial charge on any atom is 0.144 e. The van der Waals surface area contributed by atoms with Crippen molar-refractivity contribution < 1.29 is 4.74 Å². The number of aromatic nitrogens is 2. The molecule has 1 aliphatic heterocycles. The van der Waals surface area contributed by atoms with Crippen molar-refractivity contribution in [1.82, 2.24) is 14.9 Å². The van der Waals surface area contributed by atoms with Gasteiger partial charge in [0.05, 0.1) is 18.1 Å². The second kappa shape index (κ2) is 6.54. The predicted molar refractivity (Wildman–Crippen MR) is 82.2 cm³/mol. The summed E-state index contributed by atoms with van der Waals surface area (Å²) in [4.78, 5) is 11.2. The number of hydrogen-bond donors (Lipinski definition) is 1. The van der Waals surface area contributed by atoms with Gasteiger partial charge in [-0.15, -0.1) is 0 Å². The van der Waals surface area contributed by atoms with E-state index in [1.807, 2.05) is 25.3 Å². The summed E-state index contributed by atoms with van der Waals surface area (Å²) in [5.74, 6) is 1.82. The van der Waals surface area contributed by atoms with Crippen molar-refractivity contribution in [3.63, 3.8) is 0 Å². The molecule has 1 aliphatic rings. The fourth-order valence-electron chi connectivity index (χ4n) is 2.45. The second-order valence-corrected chi connectivity index (χ2v) is 5.09. The predicted octanol–water partition coefficient (Wildman–Crippen LogP) is 2.30. The highest BCUT2D eigenvalue weighted by molar-refractivity contribution is 5.34. The maximum atomic E-state index is 5.78. The second-order valence-electron chi connectivity index (χ2n) is 5.09. The van der Waals surface area contributed by atoms with Crippen molar-refractivity contribution in [2.75, 3.05) is 25.0 Å². The molecular formula is C16H20N4O. The average Bonchev–Trinajstić information content (AvgIpc) is 2.71. The van der Waals surface area contributed by atoms with Gasteiger partial charge in [-0.3, -0.25) is 9.88 Å². The first-order valence-electron chi connectivity index (χ1n) is 7.33. The standard InChI is InChI=1S/C16H20N4O/c1-2-17-16-10-18-14(9-19-16)12-20-7-8-21-15-6-4-3-5-13(15)11-20/h3-6,9-10H,2,7-8,11-12H2,1H3,(H,17,19). The van der Waals surface area contributed by atoms with E-state index in [0.29, 0.717) is 6.61 Å². The van der Waals surface area contributed by atoms with Crippen LogP contribution < -0.4 is 10.1 Å². The SMILES string of the molecule is CCNc1cnc(CN2CCOc3ccccc3C2)cn1. The van der Waals surface area contributed by atoms with Crippen LogP contribution in [0.1, 0.15) is 18.2 Å². The van der Waals surface area contributed by atoms with Crippen molar-refractivity contribution in [3.05, 3.63) is 47.9 Å². The number of ether oxygens (including phenoxy) is 1. The van der Waals surface area contributed by atoms with Gasteiger partial charge in [0.15, 0.2) is 0 Å². The van der Waals surface area contributed by atoms with Gasteiger partial charge in [0.2, 0.25) is 0 Å². The number of hydrogen-bond acceptors (Lipinski definition) is 5. The van der Waals surface area contributed by atoms with Crippen molar-refractivity contribution in [1.29, 1.82) is 0 Å². The number of nitrogens with one attached hydrogen (secondary N) is 1. The van der Waals surface area contributed by atoms with Gasteiger partial charge in [-0.25, -0.2) is 4.98 Å². The van der Waals surface area contributed by atoms with Crippen LogP contribution in [0.2, 0.25) is 0 Å². The Hall–Kier alpha value is -2.14. The Balaban J connectivity index is 1.67. The summed E-state index contributed by atoms with van der Waals surface area (Å²) in [5, 5.41) is 3.15. The number of benzene rings is 1. The Morgan fingerprint density at radius 2 is 2.14 bits per heavy atom. The van der Waals surface area contributed by atoms with Crippen molar-refractivity contribution >= 4 is 5.82 Å². The van der Waals surface area contributed by atoms with Crippen LogP contribution in [-0.2, 0) is 13.1 Å². The Morgan fingerprint density at radius 1 is 1.24 bits per heavy atom. The van der Waals surface area contributed by atoms with Crippen molar-refractivity contribution in [2.24, 2.45) is 0 Å². The summed E-state index contributed by atoms with van der Waals surface area (Å²) >= 11 is 0. The molecule has 0 saturated carbocycles. The third kappa shape index (κ3) is 3.49. The zero-order valence-electron chi connectivity index (χ0n) is 12.2. The third-order valence-electron chi connectivity index (χ3n) is 3.48. The molecule has 1 N–H and O–H groups in total. The Labute approximate surface area is 125 Å². The third-order valence-corrected chi connectivity index (χ3v) is 3.48. The number of nitrogens with zero attached hydrogens (tertiary/aromatic N) is 3. The Bertz CT molecular complexity index is 585. The van der Waals surface area contributed by atoms with Crippen LogP contribution in [0.15, 0.2) is 36.7 Å². The van der Waals surface area contributed by atoms with Gasteiger partial charge in [-0.05, 0) is 13.0 Å². The molecule has 0 fully saturated rings. The first-order chi connectivity index (χ1) is 10.3. The topological polar surface area (TPSA) is 50.3 Å². The molecule has 0 aliphatic carbocycles. The van der Waals surface area contributed by atoms with Gasteiger partial charge in [0, 0.05) is 31.7 Å². The first-order valence-corrected chi connectivity index (χ1v) is 7.33. The number of anilines is 1. The van der Waals surface area contributed by atoms with E-state index in [-0.39, 0.29) is 0 Å². The summed E-state index contributed by atoms with van der Waals surface area (Å²) in [6, 6.07) is 8.22. The minimum absolute atomic E-state index is 0.708. The van der Waals surface area contributed by atoms with Crippen LogP contribution >= 0.6 is 0 Å². The smallest absolute Gasteiger partial charge is 0.144 e. The minimum Gasteiger partial charge on any atom is -0.492 e. The molecule has 0 bridgehead atoms. The number of para-hydroxylation sites is 1. The van der Waals surface area contributed by atoms with Crippen LogP contribution in [-0.4, -0.2) is 34.6 Å². The first kappa shape index (κ1) is 13.8. The average molecular weight is 284 g/mol. The molecule has 5 heteroatoms. The van der Waals surface area contributed by atoms with Crippen LogP contribution in [0.4, 0.5) is 5.82 Å². The molecule has 5 nitrogen and oxygen atoms in total. The van der Waals surface area contributed by atoms with E-state index >= 15 is 0 Å². The van der Waals surface area contributed by atoms with Crippen molar-refractivity contribution in [2.45, 2.75) is 20.0 Å². The normalized spacial score (nSPS) is 14.9. The van der Waals surface area contributed by atoms with E-state index in [2.05, 4.69) is 32.3 Å². The Kier molecular flexibility index (Phi) is 4.31. The summed E-state index contributed by atoms with van der Waals surface area (Å²) in [5.41, 5.74) is 2.21. The fraction of sp³-hybridized carbons (Fsp3) is 0.375. The summed E-state index contributed by atoms with van der Waals surface area (Å²) in [6.45, 7) is 6.17. The van der Waals surface area contributed by atoms with Gasteiger partial charge >= 0.3 is 0 Å². The van der Waals surface area contributed by atoms with E-state index < -0.39 is 0 Å². The molecule has 0 spiro atoms.